The van der Waals surface area contributed by atoms with Crippen LogP contribution < -0.4 is 5.43 Å². The van der Waals surface area contributed by atoms with Crippen LogP contribution in [0.25, 0.3) is 11.2 Å². The minimum Gasteiger partial charge on any atom is -0.394 e. The molecule has 1 unspecified atom stereocenters. The number of ether oxygens (including phenoxy) is 1. The molecule has 1 aromatic carbocycles. The third-order valence-electron chi connectivity index (χ3n) is 4.83. The molecule has 32 heavy (non-hydrogen) atoms. The average molecular weight is 473 g/mol. The van der Waals surface area contributed by atoms with Crippen molar-refractivity contribution in [2.45, 2.75) is 30.7 Å². The Morgan fingerprint density at radius 2 is 2.00 bits per heavy atom. The number of hydrogen-bond acceptors (Lipinski definition) is 9. The third-order valence-corrected chi connectivity index (χ3v) is 5.16. The number of rotatable bonds is 5. The van der Waals surface area contributed by atoms with E-state index in [1.165, 1.54) is 23.3 Å². The summed E-state index contributed by atoms with van der Waals surface area (Å²) in [4.78, 5) is 12.3. The van der Waals surface area contributed by atoms with Crippen molar-refractivity contribution in [3.63, 3.8) is 0 Å². The number of aromatic nitrogens is 4. The van der Waals surface area contributed by atoms with Crippen LogP contribution in [0.2, 0.25) is 5.02 Å². The topological polar surface area (TPSA) is 138 Å². The van der Waals surface area contributed by atoms with Crippen molar-refractivity contribution < 1.29 is 33.2 Å². The molecule has 1 aliphatic rings. The Bertz CT molecular complexity index is 1160. The molecule has 170 valence electrons. The molecule has 1 fully saturated rings. The van der Waals surface area contributed by atoms with Crippen LogP contribution in [0.15, 0.2) is 36.0 Å². The zero-order valence-electron chi connectivity index (χ0n) is 16.0. The highest BCUT2D eigenvalue weighted by molar-refractivity contribution is 6.31. The number of aliphatic hydroxyl groups excluding tert-OH is 3. The lowest BCUT2D eigenvalue weighted by Gasteiger charge is -2.16. The Morgan fingerprint density at radius 1 is 1.22 bits per heavy atom. The molecule has 0 aliphatic carbocycles. The molecular formula is C18H16ClF3N6O4. The molecule has 4 rings (SSSR count). The number of hydrogen-bond donors (Lipinski definition) is 4. The molecule has 10 nitrogen and oxygen atoms in total. The molecule has 14 heteroatoms. The monoisotopic (exact) mass is 472 g/mol. The smallest absolute Gasteiger partial charge is 0.394 e. The summed E-state index contributed by atoms with van der Waals surface area (Å²) in [6.45, 7) is -0.487. The second-order valence-corrected chi connectivity index (χ2v) is 7.29. The van der Waals surface area contributed by atoms with Crippen molar-refractivity contribution in [1.82, 2.24) is 19.5 Å². The summed E-state index contributed by atoms with van der Waals surface area (Å²) in [6.07, 6.45) is -5.61. The largest absolute Gasteiger partial charge is 0.417 e. The van der Waals surface area contributed by atoms with Gasteiger partial charge in [-0.2, -0.15) is 18.3 Å². The number of alkyl halides is 3. The van der Waals surface area contributed by atoms with E-state index < -0.39 is 47.9 Å². The molecule has 0 saturated carbocycles. The summed E-state index contributed by atoms with van der Waals surface area (Å²) < 4.78 is 45.8. The van der Waals surface area contributed by atoms with Gasteiger partial charge in [-0.3, -0.25) is 9.99 Å². The summed E-state index contributed by atoms with van der Waals surface area (Å²) in [5, 5.41) is 32.9. The first-order valence-electron chi connectivity index (χ1n) is 9.16. The number of nitrogens with zero attached hydrogens (tertiary/aromatic N) is 5. The minimum atomic E-state index is -4.60. The van der Waals surface area contributed by atoms with Crippen molar-refractivity contribution in [2.24, 2.45) is 5.10 Å². The van der Waals surface area contributed by atoms with Crippen LogP contribution in [0, 0.1) is 0 Å². The standard InChI is InChI=1S/C18H16ClF3N6O4/c19-10-2-1-8(3-9(10)18(20,21)22)4-26-27-15-12-16(24-6-23-15)28(7-25-12)17-14(31)13(30)11(5-29)32-17/h1-4,6-7,11,13-14,17,29-31H,5H2,(H,23,24,27)/b26-4+/t11-,13?,14+,17-/m1/s1. The number of hydrazone groups is 1. The van der Waals surface area contributed by atoms with E-state index in [1.54, 1.807) is 0 Å². The van der Waals surface area contributed by atoms with Crippen LogP contribution in [0.1, 0.15) is 17.4 Å². The van der Waals surface area contributed by atoms with Crippen molar-refractivity contribution in [2.75, 3.05) is 12.0 Å². The molecule has 4 N–H and O–H groups in total. The van der Waals surface area contributed by atoms with Gasteiger partial charge in [-0.05, 0) is 17.7 Å². The number of halogens is 4. The third kappa shape index (κ3) is 4.12. The van der Waals surface area contributed by atoms with Crippen LogP contribution in [0.5, 0.6) is 0 Å². The highest BCUT2D eigenvalue weighted by Gasteiger charge is 2.44. The summed E-state index contributed by atoms with van der Waals surface area (Å²) in [6, 6.07) is 3.35. The van der Waals surface area contributed by atoms with E-state index >= 15 is 0 Å². The molecule has 1 saturated heterocycles. The van der Waals surface area contributed by atoms with Gasteiger partial charge in [0.2, 0.25) is 0 Å². The fraction of sp³-hybridized carbons (Fsp3) is 0.333. The van der Waals surface area contributed by atoms with E-state index in [1.807, 2.05) is 0 Å². The van der Waals surface area contributed by atoms with Crippen molar-refractivity contribution in [3.8, 4) is 0 Å². The summed E-state index contributed by atoms with van der Waals surface area (Å²) in [5.41, 5.74) is 2.22. The van der Waals surface area contributed by atoms with E-state index in [0.29, 0.717) is 0 Å². The zero-order chi connectivity index (χ0) is 23.0. The van der Waals surface area contributed by atoms with Gasteiger partial charge in [0, 0.05) is 0 Å². The van der Waals surface area contributed by atoms with Gasteiger partial charge < -0.3 is 20.1 Å². The molecule has 0 spiro atoms. The molecule has 4 atom stereocenters. The summed E-state index contributed by atoms with van der Waals surface area (Å²) >= 11 is 5.60. The number of fused-ring (bicyclic) bond motifs is 1. The fourth-order valence-corrected chi connectivity index (χ4v) is 3.46. The first kappa shape index (κ1) is 22.4. The Hall–Kier alpha value is -2.84. The van der Waals surface area contributed by atoms with Gasteiger partial charge in [0.05, 0.1) is 29.7 Å². The number of aliphatic hydroxyl groups is 3. The lowest BCUT2D eigenvalue weighted by atomic mass is 10.1. The predicted octanol–water partition coefficient (Wildman–Crippen LogP) is 1.56. The number of anilines is 1. The van der Waals surface area contributed by atoms with Gasteiger partial charge in [0.25, 0.3) is 0 Å². The Labute approximate surface area is 183 Å². The van der Waals surface area contributed by atoms with Crippen LogP contribution in [-0.2, 0) is 10.9 Å². The number of imidazole rings is 1. The Morgan fingerprint density at radius 3 is 2.69 bits per heavy atom. The van der Waals surface area contributed by atoms with Crippen LogP contribution in [0.4, 0.5) is 19.0 Å². The lowest BCUT2D eigenvalue weighted by molar-refractivity contribution is -0.137. The highest BCUT2D eigenvalue weighted by Crippen LogP contribution is 2.35. The van der Waals surface area contributed by atoms with Gasteiger partial charge in [-0.25, -0.2) is 15.0 Å². The molecule has 3 heterocycles. The Kier molecular flexibility index (Phi) is 6.01. The molecule has 3 aromatic rings. The van der Waals surface area contributed by atoms with Gasteiger partial charge in [0.15, 0.2) is 23.2 Å². The van der Waals surface area contributed by atoms with Gasteiger partial charge in [-0.1, -0.05) is 17.7 Å². The first-order valence-corrected chi connectivity index (χ1v) is 9.54. The normalized spacial score (nSPS) is 24.0. The molecule has 0 radical (unpaired) electrons. The summed E-state index contributed by atoms with van der Waals surface area (Å²) in [7, 11) is 0. The maximum absolute atomic E-state index is 13.0. The van der Waals surface area contributed by atoms with Gasteiger partial charge in [-0.15, -0.1) is 0 Å². The maximum Gasteiger partial charge on any atom is 0.417 e. The first-order chi connectivity index (χ1) is 15.2. The second-order valence-electron chi connectivity index (χ2n) is 6.88. The average Bonchev–Trinajstić information content (AvgIpc) is 3.30. The molecule has 0 bridgehead atoms. The quantitative estimate of drug-likeness (QED) is 0.324. The minimum absolute atomic E-state index is 0.141. The van der Waals surface area contributed by atoms with E-state index in [2.05, 4.69) is 25.5 Å². The van der Waals surface area contributed by atoms with Crippen molar-refractivity contribution >= 4 is 34.8 Å². The van der Waals surface area contributed by atoms with Gasteiger partial charge in [0.1, 0.15) is 24.6 Å². The molecule has 0 amide bonds. The molecular weight excluding hydrogens is 457 g/mol. The van der Waals surface area contributed by atoms with E-state index in [0.717, 1.165) is 18.3 Å². The van der Waals surface area contributed by atoms with Crippen LogP contribution in [0.3, 0.4) is 0 Å². The van der Waals surface area contributed by atoms with E-state index in [4.69, 9.17) is 16.3 Å². The van der Waals surface area contributed by atoms with E-state index in [-0.39, 0.29) is 22.5 Å². The molecule has 2 aromatic heterocycles. The molecule has 1 aliphatic heterocycles. The van der Waals surface area contributed by atoms with Crippen LogP contribution in [-0.4, -0.2) is 66.0 Å². The fourth-order valence-electron chi connectivity index (χ4n) is 3.24. The lowest BCUT2D eigenvalue weighted by Crippen LogP contribution is -2.33. The van der Waals surface area contributed by atoms with Crippen molar-refractivity contribution in [3.05, 3.63) is 47.0 Å². The van der Waals surface area contributed by atoms with Gasteiger partial charge >= 0.3 is 6.18 Å². The van der Waals surface area contributed by atoms with Crippen molar-refractivity contribution in [1.29, 1.82) is 0 Å². The van der Waals surface area contributed by atoms with Crippen LogP contribution >= 0.6 is 11.6 Å². The Balaban J connectivity index is 1.57. The highest BCUT2D eigenvalue weighted by atomic mass is 35.5. The zero-order valence-corrected chi connectivity index (χ0v) is 16.7. The number of benzene rings is 1. The van der Waals surface area contributed by atoms with E-state index in [9.17, 15) is 28.5 Å². The number of nitrogens with one attached hydrogen (secondary N) is 1. The SMILES string of the molecule is OC[C@H]1O[C@@H](n2cnc3c(N/N=C/c4ccc(Cl)c(C(F)(F)F)c4)ncnc32)[C@@H](O)C1O. The second kappa shape index (κ2) is 8.60. The maximum atomic E-state index is 13.0. The summed E-state index contributed by atoms with van der Waals surface area (Å²) in [5.74, 6) is 0.141. The predicted molar refractivity (Wildman–Crippen MR) is 106 cm³/mol.